The first-order valence-electron chi connectivity index (χ1n) is 12.6. The van der Waals surface area contributed by atoms with Gasteiger partial charge in [0.05, 0.1) is 0 Å². The molecule has 1 unspecified atom stereocenters. The molecule has 0 aliphatic rings. The van der Waals surface area contributed by atoms with Gasteiger partial charge in [-0.3, -0.25) is 0 Å². The molecule has 4 rings (SSSR count). The smallest absolute Gasteiger partial charge is 0.345 e. The summed E-state index contributed by atoms with van der Waals surface area (Å²) in [5.74, 6) is -5.11. The summed E-state index contributed by atoms with van der Waals surface area (Å²) >= 11 is 0. The van der Waals surface area contributed by atoms with Crippen LogP contribution in [0.1, 0.15) is 22.3 Å². The Labute approximate surface area is 244 Å². The Morgan fingerprint density at radius 2 is 1.23 bits per heavy atom. The highest BCUT2D eigenvalue weighted by molar-refractivity contribution is 5.91. The molecule has 0 radical (unpaired) electrons. The summed E-state index contributed by atoms with van der Waals surface area (Å²) < 4.78 is 5.06. The van der Waals surface area contributed by atoms with Crippen LogP contribution in [0.2, 0.25) is 0 Å². The first-order valence-corrected chi connectivity index (χ1v) is 12.6. The number of ether oxygens (including phenoxy) is 1. The molecule has 43 heavy (non-hydrogen) atoms. The predicted octanol–water partition coefficient (Wildman–Crippen LogP) is 4.72. The van der Waals surface area contributed by atoms with Crippen LogP contribution in [0.5, 0.6) is 40.2 Å². The van der Waals surface area contributed by atoms with Gasteiger partial charge in [0.2, 0.25) is 6.10 Å². The van der Waals surface area contributed by atoms with E-state index in [0.717, 1.165) is 18.2 Å². The van der Waals surface area contributed by atoms with E-state index in [-0.39, 0.29) is 23.5 Å². The molecule has 0 saturated heterocycles. The number of phenols is 7. The SMILES string of the molecule is O=C(C=Cc1cc(O)c(O)cc1C=Cc1cc(O)c(O)cc1-c1cccc(O)c1)OC(Cc1ccc(O)c(O)c1)C(=O)O. The molecular formula is C32H26O11. The average molecular weight is 587 g/mol. The lowest BCUT2D eigenvalue weighted by Gasteiger charge is -2.13. The third-order valence-electron chi connectivity index (χ3n) is 6.32. The Hall–Kier alpha value is -6.10. The first-order chi connectivity index (χ1) is 20.4. The van der Waals surface area contributed by atoms with Crippen molar-refractivity contribution in [2.75, 3.05) is 0 Å². The van der Waals surface area contributed by atoms with E-state index in [1.54, 1.807) is 12.1 Å². The van der Waals surface area contributed by atoms with Crippen molar-refractivity contribution in [3.63, 3.8) is 0 Å². The average Bonchev–Trinajstić information content (AvgIpc) is 2.95. The number of rotatable bonds is 9. The molecule has 0 amide bonds. The standard InChI is InChI=1S/C32H26O11/c33-22-3-1-2-20(12-22)23-16-29(39)28(38)15-21(23)6-5-18-13-26(36)27(37)14-19(18)7-9-31(40)43-30(32(41)42)11-17-4-8-24(34)25(35)10-17/h1-10,12-16,30,33-39H,11H2,(H,41,42). The van der Waals surface area contributed by atoms with Crippen LogP contribution in [-0.4, -0.2) is 58.9 Å². The molecule has 0 aliphatic carbocycles. The van der Waals surface area contributed by atoms with Gasteiger partial charge in [-0.2, -0.15) is 0 Å². The van der Waals surface area contributed by atoms with Gasteiger partial charge in [-0.25, -0.2) is 9.59 Å². The molecule has 0 aromatic heterocycles. The molecule has 8 N–H and O–H groups in total. The monoisotopic (exact) mass is 586 g/mol. The van der Waals surface area contributed by atoms with Gasteiger partial charge in [0.25, 0.3) is 0 Å². The maximum atomic E-state index is 12.5. The molecule has 11 nitrogen and oxygen atoms in total. The number of carbonyl (C=O) groups excluding carboxylic acids is 1. The van der Waals surface area contributed by atoms with Crippen LogP contribution in [0.4, 0.5) is 0 Å². The topological polar surface area (TPSA) is 205 Å². The second kappa shape index (κ2) is 12.6. The van der Waals surface area contributed by atoms with Crippen molar-refractivity contribution in [3.8, 4) is 51.4 Å². The van der Waals surface area contributed by atoms with Gasteiger partial charge in [-0.05, 0) is 88.0 Å². The van der Waals surface area contributed by atoms with Gasteiger partial charge in [0.1, 0.15) is 5.75 Å². The summed E-state index contributed by atoms with van der Waals surface area (Å²) in [6, 6.07) is 14.9. The molecule has 0 spiro atoms. The van der Waals surface area contributed by atoms with E-state index in [2.05, 4.69) is 0 Å². The van der Waals surface area contributed by atoms with Crippen molar-refractivity contribution in [1.29, 1.82) is 0 Å². The van der Waals surface area contributed by atoms with E-state index in [4.69, 9.17) is 4.74 Å². The van der Waals surface area contributed by atoms with E-state index in [1.807, 2.05) is 0 Å². The third-order valence-corrected chi connectivity index (χ3v) is 6.32. The predicted molar refractivity (Wildman–Crippen MR) is 156 cm³/mol. The van der Waals surface area contributed by atoms with Crippen LogP contribution in [0.15, 0.2) is 72.8 Å². The Morgan fingerprint density at radius 1 is 0.651 bits per heavy atom. The molecular weight excluding hydrogens is 560 g/mol. The minimum absolute atomic E-state index is 0.0193. The number of hydrogen-bond donors (Lipinski definition) is 8. The van der Waals surface area contributed by atoms with E-state index < -0.39 is 46.8 Å². The van der Waals surface area contributed by atoms with Gasteiger partial charge < -0.3 is 45.6 Å². The zero-order chi connectivity index (χ0) is 31.3. The summed E-state index contributed by atoms with van der Waals surface area (Å²) in [7, 11) is 0. The Balaban J connectivity index is 1.61. The molecule has 0 bridgehead atoms. The fourth-order valence-electron chi connectivity index (χ4n) is 4.16. The highest BCUT2D eigenvalue weighted by Gasteiger charge is 2.22. The normalized spacial score (nSPS) is 12.0. The van der Waals surface area contributed by atoms with Crippen LogP contribution >= 0.6 is 0 Å². The lowest BCUT2D eigenvalue weighted by atomic mass is 9.97. The van der Waals surface area contributed by atoms with Crippen molar-refractivity contribution in [2.45, 2.75) is 12.5 Å². The number of carbonyl (C=O) groups is 2. The Bertz CT molecular complexity index is 1750. The van der Waals surface area contributed by atoms with E-state index in [9.17, 15) is 50.4 Å². The van der Waals surface area contributed by atoms with Gasteiger partial charge >= 0.3 is 11.9 Å². The van der Waals surface area contributed by atoms with Gasteiger partial charge in [0, 0.05) is 12.5 Å². The minimum atomic E-state index is -1.62. The van der Waals surface area contributed by atoms with Crippen molar-refractivity contribution >= 4 is 30.2 Å². The number of phenolic OH excluding ortho intramolecular Hbond substituents is 7. The van der Waals surface area contributed by atoms with Crippen LogP contribution in [0.25, 0.3) is 29.4 Å². The highest BCUT2D eigenvalue weighted by Crippen LogP contribution is 2.37. The number of aliphatic carboxylic acids is 1. The summed E-state index contributed by atoms with van der Waals surface area (Å²) in [4.78, 5) is 24.2. The summed E-state index contributed by atoms with van der Waals surface area (Å²) in [6.07, 6.45) is 3.28. The maximum absolute atomic E-state index is 12.5. The molecule has 0 heterocycles. The number of benzene rings is 4. The number of esters is 1. The van der Waals surface area contributed by atoms with Gasteiger partial charge in [-0.15, -0.1) is 0 Å². The quantitative estimate of drug-likeness (QED) is 0.0583. The van der Waals surface area contributed by atoms with E-state index in [0.29, 0.717) is 27.8 Å². The van der Waals surface area contributed by atoms with Gasteiger partial charge in [-0.1, -0.05) is 30.4 Å². The number of aromatic hydroxyl groups is 7. The molecule has 11 heteroatoms. The Morgan fingerprint density at radius 3 is 1.86 bits per heavy atom. The molecule has 1 atom stereocenters. The molecule has 0 saturated carbocycles. The fourth-order valence-corrected chi connectivity index (χ4v) is 4.16. The lowest BCUT2D eigenvalue weighted by molar-refractivity contribution is -0.160. The second-order valence-corrected chi connectivity index (χ2v) is 9.41. The zero-order valence-corrected chi connectivity index (χ0v) is 22.2. The summed E-state index contributed by atoms with van der Waals surface area (Å²) in [6.45, 7) is 0. The van der Waals surface area contributed by atoms with Crippen molar-refractivity contribution < 1.29 is 55.2 Å². The largest absolute Gasteiger partial charge is 0.508 e. The van der Waals surface area contributed by atoms with Gasteiger partial charge in [0.15, 0.2) is 34.5 Å². The third kappa shape index (κ3) is 7.35. The first kappa shape index (κ1) is 29.9. The molecule has 0 fully saturated rings. The zero-order valence-electron chi connectivity index (χ0n) is 22.2. The number of hydrogen-bond acceptors (Lipinski definition) is 10. The Kier molecular flexibility index (Phi) is 8.76. The van der Waals surface area contributed by atoms with Crippen LogP contribution in [-0.2, 0) is 20.7 Å². The molecule has 4 aromatic carbocycles. The molecule has 220 valence electrons. The second-order valence-electron chi connectivity index (χ2n) is 9.41. The van der Waals surface area contributed by atoms with Crippen LogP contribution in [0, 0.1) is 0 Å². The van der Waals surface area contributed by atoms with Crippen molar-refractivity contribution in [2.24, 2.45) is 0 Å². The fraction of sp³-hybridized carbons (Fsp3) is 0.0625. The highest BCUT2D eigenvalue weighted by atomic mass is 16.6. The number of carboxylic acids is 1. The minimum Gasteiger partial charge on any atom is -0.508 e. The maximum Gasteiger partial charge on any atom is 0.345 e. The van der Waals surface area contributed by atoms with E-state index in [1.165, 1.54) is 60.7 Å². The lowest BCUT2D eigenvalue weighted by Crippen LogP contribution is -2.28. The van der Waals surface area contributed by atoms with Crippen LogP contribution < -0.4 is 0 Å². The van der Waals surface area contributed by atoms with Crippen LogP contribution in [0.3, 0.4) is 0 Å². The number of carboxylic acid groups (broad SMARTS) is 1. The summed E-state index contributed by atoms with van der Waals surface area (Å²) in [5, 5.41) is 78.8. The molecule has 0 aliphatic heterocycles. The summed E-state index contributed by atoms with van der Waals surface area (Å²) in [5.41, 5.74) is 2.20. The van der Waals surface area contributed by atoms with E-state index >= 15 is 0 Å². The molecule has 4 aromatic rings. The van der Waals surface area contributed by atoms with Crippen molar-refractivity contribution in [3.05, 3.63) is 95.1 Å². The van der Waals surface area contributed by atoms with Crippen molar-refractivity contribution in [1.82, 2.24) is 0 Å².